The standard InChI is InChI=1S/C17H16Cl2N4O/c1-17(2)6-12-14(13(24)7-17)15(23-16(22-12)20-8-21-23)10-4-3-9(18)5-11(10)19/h3-5,8,15H,6-7H2,1-2H3,(H,20,21,22). The number of halogens is 2. The van der Waals surface area contributed by atoms with Gasteiger partial charge in [-0.1, -0.05) is 43.1 Å². The van der Waals surface area contributed by atoms with Crippen LogP contribution in [0.5, 0.6) is 0 Å². The number of carbonyl (C=O) groups is 1. The van der Waals surface area contributed by atoms with E-state index in [-0.39, 0.29) is 17.2 Å². The molecule has 2 aromatic rings. The lowest BCUT2D eigenvalue weighted by Crippen LogP contribution is -2.36. The van der Waals surface area contributed by atoms with Gasteiger partial charge in [0.05, 0.1) is 0 Å². The number of carbonyl (C=O) groups excluding carboxylic acids is 1. The Morgan fingerprint density at radius 2 is 2.08 bits per heavy atom. The number of rotatable bonds is 1. The fourth-order valence-corrected chi connectivity index (χ4v) is 4.07. The summed E-state index contributed by atoms with van der Waals surface area (Å²) in [5.74, 6) is 0.737. The van der Waals surface area contributed by atoms with Crippen molar-refractivity contribution in [2.75, 3.05) is 5.32 Å². The van der Waals surface area contributed by atoms with Crippen LogP contribution in [0.25, 0.3) is 0 Å². The highest BCUT2D eigenvalue weighted by atomic mass is 35.5. The summed E-state index contributed by atoms with van der Waals surface area (Å²) >= 11 is 12.5. The zero-order chi connectivity index (χ0) is 17.1. The van der Waals surface area contributed by atoms with Crippen molar-refractivity contribution in [2.24, 2.45) is 5.41 Å². The van der Waals surface area contributed by atoms with Crippen LogP contribution in [0, 0.1) is 5.41 Å². The minimum absolute atomic E-state index is 0.0839. The lowest BCUT2D eigenvalue weighted by molar-refractivity contribution is -0.118. The third kappa shape index (κ3) is 2.43. The largest absolute Gasteiger partial charge is 0.328 e. The van der Waals surface area contributed by atoms with Crippen molar-refractivity contribution in [3.05, 3.63) is 51.4 Å². The molecule has 5 nitrogen and oxygen atoms in total. The van der Waals surface area contributed by atoms with Crippen LogP contribution in [0.3, 0.4) is 0 Å². The number of allylic oxidation sites excluding steroid dienone is 2. The summed E-state index contributed by atoms with van der Waals surface area (Å²) in [7, 11) is 0. The lowest BCUT2D eigenvalue weighted by atomic mass is 9.73. The van der Waals surface area contributed by atoms with E-state index in [4.69, 9.17) is 23.2 Å². The number of anilines is 1. The van der Waals surface area contributed by atoms with E-state index in [0.717, 1.165) is 23.3 Å². The van der Waals surface area contributed by atoms with Crippen molar-refractivity contribution < 1.29 is 4.79 Å². The topological polar surface area (TPSA) is 59.8 Å². The third-order valence-corrected chi connectivity index (χ3v) is 5.09. The van der Waals surface area contributed by atoms with Crippen LogP contribution in [-0.2, 0) is 4.79 Å². The summed E-state index contributed by atoms with van der Waals surface area (Å²) in [5, 5.41) is 8.65. The van der Waals surface area contributed by atoms with Gasteiger partial charge >= 0.3 is 0 Å². The SMILES string of the molecule is CC1(C)CC(=O)C2=C(C1)Nc1ncnn1C2c1ccc(Cl)cc1Cl. The van der Waals surface area contributed by atoms with Crippen LogP contribution in [0.4, 0.5) is 5.95 Å². The molecule has 124 valence electrons. The quantitative estimate of drug-likeness (QED) is 0.823. The van der Waals surface area contributed by atoms with Crippen molar-refractivity contribution >= 4 is 34.9 Å². The first-order valence-corrected chi connectivity index (χ1v) is 8.49. The second kappa shape index (κ2) is 5.33. The Bertz CT molecular complexity index is 884. The Labute approximate surface area is 149 Å². The van der Waals surface area contributed by atoms with Crippen LogP contribution in [0.15, 0.2) is 35.8 Å². The number of hydrogen-bond acceptors (Lipinski definition) is 4. The van der Waals surface area contributed by atoms with Crippen LogP contribution in [0.2, 0.25) is 10.0 Å². The number of ketones is 1. The van der Waals surface area contributed by atoms with Crippen LogP contribution in [-0.4, -0.2) is 20.5 Å². The number of Topliss-reactive ketones (excluding diaryl/α,β-unsaturated/α-hetero) is 1. The lowest BCUT2D eigenvalue weighted by Gasteiger charge is -2.38. The molecule has 1 atom stereocenters. The van der Waals surface area contributed by atoms with Crippen molar-refractivity contribution in [2.45, 2.75) is 32.7 Å². The highest BCUT2D eigenvalue weighted by Gasteiger charge is 2.41. The Morgan fingerprint density at radius 1 is 1.29 bits per heavy atom. The monoisotopic (exact) mass is 362 g/mol. The first-order valence-electron chi connectivity index (χ1n) is 7.73. The maximum Gasteiger partial charge on any atom is 0.226 e. The molecule has 0 spiro atoms. The average Bonchev–Trinajstić information content (AvgIpc) is 2.92. The van der Waals surface area contributed by atoms with Crippen LogP contribution < -0.4 is 5.32 Å². The number of nitrogens with one attached hydrogen (secondary N) is 1. The second-order valence-corrected chi connectivity index (χ2v) is 7.90. The van der Waals surface area contributed by atoms with Gasteiger partial charge in [-0.3, -0.25) is 4.79 Å². The molecule has 0 fully saturated rings. The highest BCUT2D eigenvalue weighted by Crippen LogP contribution is 2.46. The molecule has 1 unspecified atom stereocenters. The van der Waals surface area contributed by atoms with E-state index >= 15 is 0 Å². The molecule has 2 heterocycles. The summed E-state index contributed by atoms with van der Waals surface area (Å²) in [6.07, 6.45) is 2.76. The maximum absolute atomic E-state index is 12.9. The number of hydrogen-bond donors (Lipinski definition) is 1. The van der Waals surface area contributed by atoms with Crippen molar-refractivity contribution in [1.82, 2.24) is 14.8 Å². The molecule has 1 aromatic carbocycles. The van der Waals surface area contributed by atoms with E-state index in [9.17, 15) is 4.79 Å². The molecule has 0 bridgehead atoms. The van der Waals surface area contributed by atoms with Gasteiger partial charge in [0.25, 0.3) is 0 Å². The molecular formula is C17H16Cl2N4O. The van der Waals surface area contributed by atoms with E-state index in [1.807, 2.05) is 6.07 Å². The van der Waals surface area contributed by atoms with E-state index in [1.165, 1.54) is 6.33 Å². The zero-order valence-corrected chi connectivity index (χ0v) is 14.8. The highest BCUT2D eigenvalue weighted by molar-refractivity contribution is 6.35. The number of nitrogens with zero attached hydrogens (tertiary/aromatic N) is 3. The average molecular weight is 363 g/mol. The number of fused-ring (bicyclic) bond motifs is 1. The van der Waals surface area contributed by atoms with E-state index in [1.54, 1.807) is 16.8 Å². The fraction of sp³-hybridized carbons (Fsp3) is 0.353. The van der Waals surface area contributed by atoms with Crippen LogP contribution >= 0.6 is 23.2 Å². The van der Waals surface area contributed by atoms with E-state index < -0.39 is 0 Å². The van der Waals surface area contributed by atoms with Crippen LogP contribution in [0.1, 0.15) is 38.3 Å². The number of benzene rings is 1. The van der Waals surface area contributed by atoms with E-state index in [0.29, 0.717) is 22.4 Å². The summed E-state index contributed by atoms with van der Waals surface area (Å²) < 4.78 is 1.71. The van der Waals surface area contributed by atoms with Gasteiger partial charge in [0, 0.05) is 33.3 Å². The molecule has 0 saturated carbocycles. The summed E-state index contributed by atoms with van der Waals surface area (Å²) in [5.41, 5.74) is 2.35. The Morgan fingerprint density at radius 3 is 2.83 bits per heavy atom. The number of aromatic nitrogens is 3. The zero-order valence-electron chi connectivity index (χ0n) is 13.3. The summed E-state index contributed by atoms with van der Waals surface area (Å²) in [6, 6.07) is 4.93. The minimum atomic E-state index is -0.382. The smallest absolute Gasteiger partial charge is 0.226 e. The van der Waals surface area contributed by atoms with Crippen molar-refractivity contribution in [3.63, 3.8) is 0 Å². The molecule has 1 aliphatic carbocycles. The molecule has 0 amide bonds. The normalized spacial score (nSPS) is 22.0. The molecule has 0 radical (unpaired) electrons. The Hall–Kier alpha value is -1.85. The van der Waals surface area contributed by atoms with Gasteiger partial charge in [-0.25, -0.2) is 4.68 Å². The first-order chi connectivity index (χ1) is 11.4. The third-order valence-electron chi connectivity index (χ3n) is 4.53. The van der Waals surface area contributed by atoms with Gasteiger partial charge < -0.3 is 5.32 Å². The molecule has 0 saturated heterocycles. The molecule has 1 N–H and O–H groups in total. The van der Waals surface area contributed by atoms with Gasteiger partial charge in [-0.2, -0.15) is 10.1 Å². The van der Waals surface area contributed by atoms with Gasteiger partial charge in [0.2, 0.25) is 5.95 Å². The van der Waals surface area contributed by atoms with Gasteiger partial charge in [-0.05, 0) is 24.0 Å². The predicted octanol–water partition coefficient (Wildman–Crippen LogP) is 4.24. The molecule has 1 aromatic heterocycles. The Kier molecular flexibility index (Phi) is 3.48. The summed E-state index contributed by atoms with van der Waals surface area (Å²) in [4.78, 5) is 17.2. The second-order valence-electron chi connectivity index (χ2n) is 7.05. The molecular weight excluding hydrogens is 347 g/mol. The van der Waals surface area contributed by atoms with Crippen molar-refractivity contribution in [3.8, 4) is 0 Å². The van der Waals surface area contributed by atoms with E-state index in [2.05, 4.69) is 29.2 Å². The van der Waals surface area contributed by atoms with Crippen molar-refractivity contribution in [1.29, 1.82) is 0 Å². The maximum atomic E-state index is 12.9. The minimum Gasteiger partial charge on any atom is -0.328 e. The summed E-state index contributed by atoms with van der Waals surface area (Å²) in [6.45, 7) is 4.19. The predicted molar refractivity (Wildman–Crippen MR) is 93.3 cm³/mol. The molecule has 2 aliphatic rings. The molecule has 1 aliphatic heterocycles. The fourth-order valence-electron chi connectivity index (χ4n) is 3.56. The van der Waals surface area contributed by atoms with Gasteiger partial charge in [0.15, 0.2) is 5.78 Å². The van der Waals surface area contributed by atoms with Gasteiger partial charge in [0.1, 0.15) is 12.4 Å². The van der Waals surface area contributed by atoms with Gasteiger partial charge in [-0.15, -0.1) is 0 Å². The first kappa shape index (κ1) is 15.7. The molecule has 24 heavy (non-hydrogen) atoms. The molecule has 7 heteroatoms. The Balaban J connectivity index is 1.93. The molecule has 4 rings (SSSR count).